The van der Waals surface area contributed by atoms with E-state index >= 15 is 0 Å². The molecular formula is C17H25ClN6O. The third-order valence-corrected chi connectivity index (χ3v) is 3.93. The molecule has 1 atom stereocenters. The second-order valence-corrected chi connectivity index (χ2v) is 5.94. The van der Waals surface area contributed by atoms with E-state index in [2.05, 4.69) is 32.7 Å². The van der Waals surface area contributed by atoms with Crippen molar-refractivity contribution < 1.29 is 5.11 Å². The van der Waals surface area contributed by atoms with Crippen LogP contribution in [-0.4, -0.2) is 45.5 Å². The Labute approximate surface area is 153 Å². The van der Waals surface area contributed by atoms with Gasteiger partial charge in [0, 0.05) is 31.1 Å². The van der Waals surface area contributed by atoms with E-state index in [1.807, 2.05) is 11.5 Å². The lowest BCUT2D eigenvalue weighted by atomic mass is 10.1. The van der Waals surface area contributed by atoms with Crippen LogP contribution in [0.3, 0.4) is 0 Å². The first-order valence-corrected chi connectivity index (χ1v) is 8.84. The third-order valence-electron chi connectivity index (χ3n) is 3.68. The van der Waals surface area contributed by atoms with Gasteiger partial charge in [-0.1, -0.05) is 30.7 Å². The van der Waals surface area contributed by atoms with Crippen molar-refractivity contribution in [2.45, 2.75) is 32.9 Å². The van der Waals surface area contributed by atoms with E-state index in [-0.39, 0.29) is 6.54 Å². The molecule has 136 valence electrons. The summed E-state index contributed by atoms with van der Waals surface area (Å²) in [5.41, 5.74) is 0.793. The van der Waals surface area contributed by atoms with Crippen molar-refractivity contribution in [2.24, 2.45) is 4.99 Å². The summed E-state index contributed by atoms with van der Waals surface area (Å²) >= 11 is 5.87. The van der Waals surface area contributed by atoms with E-state index < -0.39 is 6.10 Å². The number of guanidine groups is 1. The Kier molecular flexibility index (Phi) is 7.69. The fraction of sp³-hybridized carbons (Fsp3) is 0.471. The molecule has 2 aromatic rings. The van der Waals surface area contributed by atoms with Crippen LogP contribution in [0.1, 0.15) is 31.3 Å². The fourth-order valence-electron chi connectivity index (χ4n) is 2.34. The van der Waals surface area contributed by atoms with Gasteiger partial charge in [-0.25, -0.2) is 0 Å². The summed E-state index contributed by atoms with van der Waals surface area (Å²) < 4.78 is 2.01. The molecule has 0 spiro atoms. The monoisotopic (exact) mass is 364 g/mol. The van der Waals surface area contributed by atoms with Gasteiger partial charge in [0.1, 0.15) is 12.2 Å². The molecule has 0 fully saturated rings. The number of aliphatic hydroxyl groups is 1. The highest BCUT2D eigenvalue weighted by molar-refractivity contribution is 6.30. The Balaban J connectivity index is 1.88. The molecule has 0 radical (unpaired) electrons. The predicted octanol–water partition coefficient (Wildman–Crippen LogP) is 1.78. The largest absolute Gasteiger partial charge is 0.386 e. The molecule has 0 bridgehead atoms. The van der Waals surface area contributed by atoms with Gasteiger partial charge in [0.05, 0.1) is 12.6 Å². The first kappa shape index (κ1) is 19.2. The van der Waals surface area contributed by atoms with Gasteiger partial charge >= 0.3 is 0 Å². The maximum absolute atomic E-state index is 10.2. The Hall–Kier alpha value is -2.12. The maximum Gasteiger partial charge on any atom is 0.191 e. The molecule has 1 unspecified atom stereocenters. The van der Waals surface area contributed by atoms with Gasteiger partial charge in [-0.3, -0.25) is 4.99 Å². The maximum atomic E-state index is 10.2. The molecule has 0 saturated heterocycles. The van der Waals surface area contributed by atoms with Crippen LogP contribution < -0.4 is 10.6 Å². The van der Waals surface area contributed by atoms with Crippen LogP contribution in [0.25, 0.3) is 0 Å². The Bertz CT molecular complexity index is 670. The quantitative estimate of drug-likeness (QED) is 0.491. The topological polar surface area (TPSA) is 87.4 Å². The standard InChI is InChI=1S/C17H25ClN6O/c1-3-16-23-22-12-24(16)10-9-20-17(19-4-2)21-11-15(25)13-5-7-14(18)8-6-13/h5-8,12,15,25H,3-4,9-11H2,1-2H3,(H2,19,20,21). The number of aryl methyl sites for hydroxylation is 1. The number of rotatable bonds is 8. The Morgan fingerprint density at radius 2 is 2.04 bits per heavy atom. The molecule has 0 aliphatic carbocycles. The molecule has 0 aliphatic rings. The van der Waals surface area contributed by atoms with Crippen molar-refractivity contribution in [3.63, 3.8) is 0 Å². The van der Waals surface area contributed by atoms with E-state index in [0.717, 1.165) is 30.9 Å². The van der Waals surface area contributed by atoms with Crippen LogP contribution in [-0.2, 0) is 13.0 Å². The lowest BCUT2D eigenvalue weighted by molar-refractivity contribution is 0.187. The number of aromatic nitrogens is 3. The molecule has 25 heavy (non-hydrogen) atoms. The summed E-state index contributed by atoms with van der Waals surface area (Å²) in [4.78, 5) is 4.44. The Morgan fingerprint density at radius 3 is 2.72 bits per heavy atom. The van der Waals surface area contributed by atoms with Crippen molar-refractivity contribution in [1.82, 2.24) is 25.4 Å². The second kappa shape index (κ2) is 10.0. The average molecular weight is 365 g/mol. The van der Waals surface area contributed by atoms with E-state index in [9.17, 15) is 5.11 Å². The van der Waals surface area contributed by atoms with Crippen LogP contribution in [0.15, 0.2) is 35.6 Å². The fourth-order valence-corrected chi connectivity index (χ4v) is 2.47. The van der Waals surface area contributed by atoms with Gasteiger partial charge in [-0.2, -0.15) is 0 Å². The molecule has 3 N–H and O–H groups in total. The third kappa shape index (κ3) is 6.03. The van der Waals surface area contributed by atoms with Gasteiger partial charge < -0.3 is 20.3 Å². The smallest absolute Gasteiger partial charge is 0.191 e. The highest BCUT2D eigenvalue weighted by atomic mass is 35.5. The Morgan fingerprint density at radius 1 is 1.28 bits per heavy atom. The number of nitrogens with one attached hydrogen (secondary N) is 2. The highest BCUT2D eigenvalue weighted by Gasteiger charge is 2.08. The van der Waals surface area contributed by atoms with Crippen molar-refractivity contribution in [3.8, 4) is 0 Å². The number of benzene rings is 1. The first-order valence-electron chi connectivity index (χ1n) is 8.46. The van der Waals surface area contributed by atoms with Crippen LogP contribution in [0, 0.1) is 0 Å². The molecule has 2 rings (SSSR count). The minimum absolute atomic E-state index is 0.268. The number of nitrogens with zero attached hydrogens (tertiary/aromatic N) is 4. The summed E-state index contributed by atoms with van der Waals surface area (Å²) in [5.74, 6) is 1.63. The van der Waals surface area contributed by atoms with Crippen LogP contribution in [0.2, 0.25) is 5.02 Å². The minimum Gasteiger partial charge on any atom is -0.386 e. The van der Waals surface area contributed by atoms with E-state index in [0.29, 0.717) is 17.5 Å². The molecular weight excluding hydrogens is 340 g/mol. The van der Waals surface area contributed by atoms with Gasteiger partial charge in [0.2, 0.25) is 0 Å². The summed E-state index contributed by atoms with van der Waals surface area (Å²) in [7, 11) is 0. The number of aliphatic hydroxyl groups excluding tert-OH is 1. The number of halogens is 1. The molecule has 0 amide bonds. The highest BCUT2D eigenvalue weighted by Crippen LogP contribution is 2.16. The molecule has 0 aliphatic heterocycles. The van der Waals surface area contributed by atoms with Crippen molar-refractivity contribution in [1.29, 1.82) is 0 Å². The first-order chi connectivity index (χ1) is 12.1. The van der Waals surface area contributed by atoms with Gasteiger partial charge in [0.15, 0.2) is 5.96 Å². The normalized spacial score (nSPS) is 12.9. The van der Waals surface area contributed by atoms with E-state index in [1.54, 1.807) is 30.6 Å². The van der Waals surface area contributed by atoms with Crippen molar-refractivity contribution in [2.75, 3.05) is 19.6 Å². The molecule has 1 aromatic carbocycles. The lowest BCUT2D eigenvalue weighted by Gasteiger charge is -2.14. The summed E-state index contributed by atoms with van der Waals surface area (Å²) in [6.07, 6.45) is 1.91. The second-order valence-electron chi connectivity index (χ2n) is 5.51. The van der Waals surface area contributed by atoms with Crippen molar-refractivity contribution >= 4 is 17.6 Å². The number of hydrogen-bond donors (Lipinski definition) is 3. The number of aliphatic imine (C=N–C) groups is 1. The average Bonchev–Trinajstić information content (AvgIpc) is 3.07. The predicted molar refractivity (Wildman–Crippen MR) is 99.8 cm³/mol. The molecule has 1 aromatic heterocycles. The van der Waals surface area contributed by atoms with Gasteiger partial charge in [-0.15, -0.1) is 10.2 Å². The minimum atomic E-state index is -0.669. The SMILES string of the molecule is CCNC(=NCC(O)c1ccc(Cl)cc1)NCCn1cnnc1CC. The number of hydrogen-bond acceptors (Lipinski definition) is 4. The van der Waals surface area contributed by atoms with Crippen LogP contribution >= 0.6 is 11.6 Å². The lowest BCUT2D eigenvalue weighted by Crippen LogP contribution is -2.39. The van der Waals surface area contributed by atoms with Crippen LogP contribution in [0.5, 0.6) is 0 Å². The summed E-state index contributed by atoms with van der Waals surface area (Å²) in [6, 6.07) is 7.14. The molecule has 7 nitrogen and oxygen atoms in total. The van der Waals surface area contributed by atoms with Gasteiger partial charge in [0.25, 0.3) is 0 Å². The molecule has 0 saturated carbocycles. The van der Waals surface area contributed by atoms with Crippen LogP contribution in [0.4, 0.5) is 0 Å². The van der Waals surface area contributed by atoms with Crippen molar-refractivity contribution in [3.05, 3.63) is 47.0 Å². The van der Waals surface area contributed by atoms with E-state index in [1.165, 1.54) is 0 Å². The summed E-state index contributed by atoms with van der Waals surface area (Å²) in [6.45, 7) is 6.51. The van der Waals surface area contributed by atoms with Gasteiger partial charge in [-0.05, 0) is 24.6 Å². The molecule has 1 heterocycles. The molecule has 8 heteroatoms. The zero-order valence-corrected chi connectivity index (χ0v) is 15.4. The zero-order valence-electron chi connectivity index (χ0n) is 14.6. The summed E-state index contributed by atoms with van der Waals surface area (Å²) in [5, 5.41) is 25.3. The van der Waals surface area contributed by atoms with E-state index in [4.69, 9.17) is 11.6 Å². The zero-order chi connectivity index (χ0) is 18.1.